The molecule has 18 heavy (non-hydrogen) atoms. The summed E-state index contributed by atoms with van der Waals surface area (Å²) in [5.74, 6) is 1.70. The first-order chi connectivity index (χ1) is 8.69. The zero-order chi connectivity index (χ0) is 13.0. The van der Waals surface area contributed by atoms with Crippen molar-refractivity contribution in [2.75, 3.05) is 11.9 Å². The van der Waals surface area contributed by atoms with Crippen LogP contribution in [0.15, 0.2) is 30.3 Å². The summed E-state index contributed by atoms with van der Waals surface area (Å²) in [5.41, 5.74) is 3.36. The summed E-state index contributed by atoms with van der Waals surface area (Å²) in [7, 11) is 0. The van der Waals surface area contributed by atoms with Crippen molar-refractivity contribution >= 4 is 5.82 Å². The van der Waals surface area contributed by atoms with E-state index in [-0.39, 0.29) is 0 Å². The van der Waals surface area contributed by atoms with Crippen LogP contribution in [0, 0.1) is 13.8 Å². The molecule has 0 fully saturated rings. The quantitative estimate of drug-likeness (QED) is 0.889. The third-order valence-electron chi connectivity index (χ3n) is 2.74. The summed E-state index contributed by atoms with van der Waals surface area (Å²) in [4.78, 5) is 8.88. The average Bonchev–Trinajstić information content (AvgIpc) is 2.36. The molecule has 1 N–H and O–H groups in total. The Kier molecular flexibility index (Phi) is 3.92. The molecule has 0 aliphatic rings. The lowest BCUT2D eigenvalue weighted by molar-refractivity contribution is 0.955. The minimum atomic E-state index is 0.798. The highest BCUT2D eigenvalue weighted by Crippen LogP contribution is 2.20. The molecule has 2 rings (SSSR count). The number of aryl methyl sites for hydroxylation is 2. The summed E-state index contributed by atoms with van der Waals surface area (Å²) in [6, 6.07) is 10.4. The zero-order valence-electron chi connectivity index (χ0n) is 11.2. The molecule has 0 radical (unpaired) electrons. The number of hydrogen-bond acceptors (Lipinski definition) is 3. The van der Waals surface area contributed by atoms with Gasteiger partial charge in [0, 0.05) is 18.2 Å². The minimum Gasteiger partial charge on any atom is -0.370 e. The van der Waals surface area contributed by atoms with E-state index in [0.29, 0.717) is 0 Å². The Labute approximate surface area is 108 Å². The molecule has 1 aromatic carbocycles. The number of hydrogen-bond donors (Lipinski definition) is 1. The molecule has 0 atom stereocenters. The Bertz CT molecular complexity index is 518. The lowest BCUT2D eigenvalue weighted by Gasteiger charge is -2.08. The van der Waals surface area contributed by atoms with Gasteiger partial charge in [0.05, 0.1) is 5.69 Å². The smallest absolute Gasteiger partial charge is 0.130 e. The third-order valence-corrected chi connectivity index (χ3v) is 2.74. The second-order valence-corrected chi connectivity index (χ2v) is 4.48. The average molecular weight is 241 g/mol. The van der Waals surface area contributed by atoms with Crippen molar-refractivity contribution in [3.8, 4) is 11.3 Å². The van der Waals surface area contributed by atoms with Crippen LogP contribution in [-0.4, -0.2) is 16.5 Å². The standard InChI is InChI=1S/C15H19N3/c1-4-9-16-15-10-14(17-12(3)18-15)13-7-5-11(2)6-8-13/h5-8,10H,4,9H2,1-3H3,(H,16,17,18). The second-order valence-electron chi connectivity index (χ2n) is 4.48. The summed E-state index contributed by atoms with van der Waals surface area (Å²) >= 11 is 0. The number of benzene rings is 1. The van der Waals surface area contributed by atoms with Crippen LogP contribution in [0.2, 0.25) is 0 Å². The molecular weight excluding hydrogens is 222 g/mol. The van der Waals surface area contributed by atoms with Gasteiger partial charge >= 0.3 is 0 Å². The van der Waals surface area contributed by atoms with Crippen molar-refractivity contribution in [2.45, 2.75) is 27.2 Å². The molecule has 94 valence electrons. The van der Waals surface area contributed by atoms with Crippen molar-refractivity contribution < 1.29 is 0 Å². The van der Waals surface area contributed by atoms with Gasteiger partial charge in [0.1, 0.15) is 11.6 Å². The van der Waals surface area contributed by atoms with E-state index < -0.39 is 0 Å². The van der Waals surface area contributed by atoms with E-state index in [4.69, 9.17) is 0 Å². The Balaban J connectivity index is 2.32. The Morgan fingerprint density at radius 3 is 2.44 bits per heavy atom. The molecule has 0 saturated carbocycles. The topological polar surface area (TPSA) is 37.8 Å². The van der Waals surface area contributed by atoms with Crippen molar-refractivity contribution in [3.63, 3.8) is 0 Å². The molecule has 3 nitrogen and oxygen atoms in total. The fourth-order valence-corrected chi connectivity index (χ4v) is 1.78. The fourth-order valence-electron chi connectivity index (χ4n) is 1.78. The molecule has 0 unspecified atom stereocenters. The maximum Gasteiger partial charge on any atom is 0.130 e. The summed E-state index contributed by atoms with van der Waals surface area (Å²) < 4.78 is 0. The number of anilines is 1. The van der Waals surface area contributed by atoms with Gasteiger partial charge in [0.15, 0.2) is 0 Å². The van der Waals surface area contributed by atoms with E-state index in [1.165, 1.54) is 5.56 Å². The second kappa shape index (κ2) is 5.63. The lowest BCUT2D eigenvalue weighted by atomic mass is 10.1. The first-order valence-corrected chi connectivity index (χ1v) is 6.35. The molecule has 2 aromatic rings. The third kappa shape index (κ3) is 3.06. The summed E-state index contributed by atoms with van der Waals surface area (Å²) in [6.07, 6.45) is 1.09. The molecule has 0 amide bonds. The van der Waals surface area contributed by atoms with Crippen LogP contribution in [0.4, 0.5) is 5.82 Å². The first-order valence-electron chi connectivity index (χ1n) is 6.35. The van der Waals surface area contributed by atoms with Crippen LogP contribution in [0.25, 0.3) is 11.3 Å². The van der Waals surface area contributed by atoms with Gasteiger partial charge in [0.25, 0.3) is 0 Å². The van der Waals surface area contributed by atoms with Gasteiger partial charge in [-0.3, -0.25) is 0 Å². The number of nitrogens with zero attached hydrogens (tertiary/aromatic N) is 2. The molecule has 0 bridgehead atoms. The molecule has 1 aromatic heterocycles. The van der Waals surface area contributed by atoms with Gasteiger partial charge < -0.3 is 5.32 Å². The predicted octanol–water partition coefficient (Wildman–Crippen LogP) is 3.58. The Hall–Kier alpha value is -1.90. The van der Waals surface area contributed by atoms with E-state index in [0.717, 1.165) is 35.9 Å². The van der Waals surface area contributed by atoms with Gasteiger partial charge in [-0.2, -0.15) is 0 Å². The molecule has 0 aliphatic heterocycles. The molecule has 0 aliphatic carbocycles. The van der Waals surface area contributed by atoms with Gasteiger partial charge in [-0.05, 0) is 20.3 Å². The fraction of sp³-hybridized carbons (Fsp3) is 0.333. The molecular formula is C15H19N3. The van der Waals surface area contributed by atoms with E-state index in [1.54, 1.807) is 0 Å². The normalized spacial score (nSPS) is 10.4. The van der Waals surface area contributed by atoms with Crippen LogP contribution in [-0.2, 0) is 0 Å². The highest BCUT2D eigenvalue weighted by Gasteiger charge is 2.03. The predicted molar refractivity (Wildman–Crippen MR) is 75.7 cm³/mol. The van der Waals surface area contributed by atoms with Crippen molar-refractivity contribution in [2.24, 2.45) is 0 Å². The molecule has 0 spiro atoms. The van der Waals surface area contributed by atoms with Crippen molar-refractivity contribution in [1.29, 1.82) is 0 Å². The highest BCUT2D eigenvalue weighted by molar-refractivity contribution is 5.62. The summed E-state index contributed by atoms with van der Waals surface area (Å²) in [6.45, 7) is 7.09. The molecule has 3 heteroatoms. The van der Waals surface area contributed by atoms with Crippen LogP contribution in [0.1, 0.15) is 24.7 Å². The van der Waals surface area contributed by atoms with Crippen LogP contribution in [0.3, 0.4) is 0 Å². The van der Waals surface area contributed by atoms with Crippen LogP contribution >= 0.6 is 0 Å². The van der Waals surface area contributed by atoms with E-state index in [2.05, 4.69) is 53.4 Å². The highest BCUT2D eigenvalue weighted by atomic mass is 15.0. The van der Waals surface area contributed by atoms with Gasteiger partial charge in [-0.15, -0.1) is 0 Å². The maximum atomic E-state index is 4.49. The Morgan fingerprint density at radius 1 is 1.06 bits per heavy atom. The monoisotopic (exact) mass is 241 g/mol. The van der Waals surface area contributed by atoms with E-state index >= 15 is 0 Å². The molecule has 1 heterocycles. The van der Waals surface area contributed by atoms with Gasteiger partial charge in [0.2, 0.25) is 0 Å². The number of rotatable bonds is 4. The van der Waals surface area contributed by atoms with Crippen molar-refractivity contribution in [1.82, 2.24) is 9.97 Å². The number of aromatic nitrogens is 2. The number of nitrogens with one attached hydrogen (secondary N) is 1. The van der Waals surface area contributed by atoms with Gasteiger partial charge in [-0.25, -0.2) is 9.97 Å². The van der Waals surface area contributed by atoms with Crippen LogP contribution < -0.4 is 5.32 Å². The van der Waals surface area contributed by atoms with E-state index in [1.807, 2.05) is 13.0 Å². The minimum absolute atomic E-state index is 0.798. The first kappa shape index (κ1) is 12.6. The lowest BCUT2D eigenvalue weighted by Crippen LogP contribution is -2.04. The van der Waals surface area contributed by atoms with Gasteiger partial charge in [-0.1, -0.05) is 36.8 Å². The largest absolute Gasteiger partial charge is 0.370 e. The maximum absolute atomic E-state index is 4.49. The van der Waals surface area contributed by atoms with E-state index in [9.17, 15) is 0 Å². The SMILES string of the molecule is CCCNc1cc(-c2ccc(C)cc2)nc(C)n1. The summed E-state index contributed by atoms with van der Waals surface area (Å²) in [5, 5.41) is 3.31. The van der Waals surface area contributed by atoms with Crippen molar-refractivity contribution in [3.05, 3.63) is 41.7 Å². The zero-order valence-corrected chi connectivity index (χ0v) is 11.2. The molecule has 0 saturated heterocycles. The Morgan fingerprint density at radius 2 is 1.78 bits per heavy atom. The van der Waals surface area contributed by atoms with Crippen LogP contribution in [0.5, 0.6) is 0 Å².